The van der Waals surface area contributed by atoms with E-state index in [9.17, 15) is 5.26 Å². The van der Waals surface area contributed by atoms with Crippen molar-refractivity contribution in [3.8, 4) is 6.07 Å². The number of pyridine rings is 1. The summed E-state index contributed by atoms with van der Waals surface area (Å²) in [5, 5.41) is 9.59. The lowest BCUT2D eigenvalue weighted by Gasteiger charge is -2.40. The van der Waals surface area contributed by atoms with Crippen LogP contribution in [0.5, 0.6) is 0 Å². The van der Waals surface area contributed by atoms with E-state index in [2.05, 4.69) is 81.5 Å². The zero-order valence-electron chi connectivity index (χ0n) is 15.5. The molecule has 0 atom stereocenters. The molecule has 2 aromatic carbocycles. The van der Waals surface area contributed by atoms with Gasteiger partial charge in [-0.05, 0) is 23.3 Å². The number of anilines is 1. The van der Waals surface area contributed by atoms with Crippen LogP contribution in [0.25, 0.3) is 0 Å². The van der Waals surface area contributed by atoms with Crippen LogP contribution in [0.15, 0.2) is 72.8 Å². The highest BCUT2D eigenvalue weighted by atomic mass is 35.5. The summed E-state index contributed by atoms with van der Waals surface area (Å²) in [5.41, 5.74) is 2.89. The Balaban J connectivity index is 1.55. The van der Waals surface area contributed by atoms with Crippen LogP contribution in [0.2, 0.25) is 5.02 Å². The second kappa shape index (κ2) is 8.43. The van der Waals surface area contributed by atoms with Gasteiger partial charge in [0.05, 0.1) is 11.1 Å². The van der Waals surface area contributed by atoms with Crippen molar-refractivity contribution in [1.29, 1.82) is 5.26 Å². The van der Waals surface area contributed by atoms with Crippen molar-refractivity contribution in [2.45, 2.75) is 6.04 Å². The minimum absolute atomic E-state index is 0.234. The zero-order chi connectivity index (χ0) is 19.3. The molecule has 1 saturated heterocycles. The van der Waals surface area contributed by atoms with Crippen molar-refractivity contribution in [3.63, 3.8) is 0 Å². The quantitative estimate of drug-likeness (QED) is 0.659. The normalized spacial score (nSPS) is 14.8. The Morgan fingerprint density at radius 2 is 1.39 bits per heavy atom. The molecule has 4 nitrogen and oxygen atoms in total. The minimum Gasteiger partial charge on any atom is -0.354 e. The lowest BCUT2D eigenvalue weighted by atomic mass is 9.96. The second-order valence-electron chi connectivity index (χ2n) is 6.86. The summed E-state index contributed by atoms with van der Waals surface area (Å²) in [6.45, 7) is 3.55. The molecule has 0 radical (unpaired) electrons. The molecule has 1 fully saturated rings. The topological polar surface area (TPSA) is 43.2 Å². The first kappa shape index (κ1) is 18.5. The smallest absolute Gasteiger partial charge is 0.161 e. The number of aromatic nitrogens is 1. The summed E-state index contributed by atoms with van der Waals surface area (Å²) in [7, 11) is 0. The SMILES string of the molecule is N#Cc1nc(N2CCN(C(c3ccccc3)c3ccccc3)CC2)ccc1Cl. The zero-order valence-corrected chi connectivity index (χ0v) is 16.3. The molecular formula is C23H21ClN4. The number of hydrogen-bond acceptors (Lipinski definition) is 4. The van der Waals surface area contributed by atoms with Crippen molar-refractivity contribution >= 4 is 17.4 Å². The first-order valence-electron chi connectivity index (χ1n) is 9.42. The highest BCUT2D eigenvalue weighted by molar-refractivity contribution is 6.31. The van der Waals surface area contributed by atoms with Crippen LogP contribution in [0.4, 0.5) is 5.82 Å². The van der Waals surface area contributed by atoms with E-state index in [1.807, 2.05) is 6.07 Å². The molecule has 0 spiro atoms. The average Bonchev–Trinajstić information content (AvgIpc) is 2.76. The molecular weight excluding hydrogens is 368 g/mol. The van der Waals surface area contributed by atoms with E-state index in [0.717, 1.165) is 32.0 Å². The van der Waals surface area contributed by atoms with Crippen LogP contribution in [0.1, 0.15) is 22.9 Å². The average molecular weight is 389 g/mol. The fraction of sp³-hybridized carbons (Fsp3) is 0.217. The van der Waals surface area contributed by atoms with Gasteiger partial charge >= 0.3 is 0 Å². The van der Waals surface area contributed by atoms with Gasteiger partial charge in [0.1, 0.15) is 11.9 Å². The number of halogens is 1. The lowest BCUT2D eigenvalue weighted by molar-refractivity contribution is 0.212. The number of nitrogens with zero attached hydrogens (tertiary/aromatic N) is 4. The van der Waals surface area contributed by atoms with Crippen molar-refractivity contribution < 1.29 is 0 Å². The van der Waals surface area contributed by atoms with Gasteiger partial charge in [0.25, 0.3) is 0 Å². The maximum absolute atomic E-state index is 9.18. The molecule has 1 aromatic heterocycles. The molecule has 0 amide bonds. The van der Waals surface area contributed by atoms with Crippen molar-refractivity contribution in [1.82, 2.24) is 9.88 Å². The summed E-state index contributed by atoms with van der Waals surface area (Å²) in [4.78, 5) is 9.15. The predicted molar refractivity (Wildman–Crippen MR) is 112 cm³/mol. The molecule has 1 aliphatic rings. The molecule has 3 aromatic rings. The van der Waals surface area contributed by atoms with E-state index in [1.54, 1.807) is 6.07 Å². The monoisotopic (exact) mass is 388 g/mol. The molecule has 140 valence electrons. The van der Waals surface area contributed by atoms with Crippen LogP contribution in [0, 0.1) is 11.3 Å². The maximum atomic E-state index is 9.18. The highest BCUT2D eigenvalue weighted by Gasteiger charge is 2.27. The molecule has 1 aliphatic heterocycles. The second-order valence-corrected chi connectivity index (χ2v) is 7.27. The van der Waals surface area contributed by atoms with Gasteiger partial charge in [0, 0.05) is 26.2 Å². The summed E-state index contributed by atoms with van der Waals surface area (Å²) in [6.07, 6.45) is 0. The number of nitriles is 1. The van der Waals surface area contributed by atoms with Crippen LogP contribution < -0.4 is 4.90 Å². The molecule has 5 heteroatoms. The fourth-order valence-electron chi connectivity index (χ4n) is 3.78. The minimum atomic E-state index is 0.234. The van der Waals surface area contributed by atoms with Gasteiger partial charge in [-0.2, -0.15) is 5.26 Å². The summed E-state index contributed by atoms with van der Waals surface area (Å²) in [6, 6.07) is 27.3. The van der Waals surface area contributed by atoms with Gasteiger partial charge < -0.3 is 4.90 Å². The van der Waals surface area contributed by atoms with E-state index in [1.165, 1.54) is 11.1 Å². The van der Waals surface area contributed by atoms with E-state index in [-0.39, 0.29) is 11.7 Å². The Morgan fingerprint density at radius 3 is 1.93 bits per heavy atom. The molecule has 4 rings (SSSR count). The molecule has 0 aliphatic carbocycles. The van der Waals surface area contributed by atoms with Crippen molar-refractivity contribution in [2.75, 3.05) is 31.1 Å². The molecule has 0 bridgehead atoms. The molecule has 2 heterocycles. The van der Waals surface area contributed by atoms with Crippen LogP contribution in [-0.4, -0.2) is 36.1 Å². The molecule has 0 unspecified atom stereocenters. The third kappa shape index (κ3) is 3.87. The third-order valence-electron chi connectivity index (χ3n) is 5.17. The molecule has 0 saturated carbocycles. The largest absolute Gasteiger partial charge is 0.354 e. The Morgan fingerprint density at radius 1 is 0.821 bits per heavy atom. The summed E-state index contributed by atoms with van der Waals surface area (Å²) < 4.78 is 0. The van der Waals surface area contributed by atoms with E-state index < -0.39 is 0 Å². The van der Waals surface area contributed by atoms with Crippen molar-refractivity contribution in [2.24, 2.45) is 0 Å². The van der Waals surface area contributed by atoms with E-state index >= 15 is 0 Å². The van der Waals surface area contributed by atoms with E-state index in [0.29, 0.717) is 5.02 Å². The predicted octanol–water partition coefficient (Wildman–Crippen LogP) is 4.52. The molecule has 0 N–H and O–H groups in total. The third-order valence-corrected chi connectivity index (χ3v) is 5.48. The Bertz CT molecular complexity index is 921. The number of hydrogen-bond donors (Lipinski definition) is 0. The summed E-state index contributed by atoms with van der Waals surface area (Å²) >= 11 is 6.02. The first-order chi connectivity index (χ1) is 13.8. The number of piperazine rings is 1. The summed E-state index contributed by atoms with van der Waals surface area (Å²) in [5.74, 6) is 0.816. The highest BCUT2D eigenvalue weighted by Crippen LogP contribution is 2.30. The van der Waals surface area contributed by atoms with Gasteiger partial charge in [-0.3, -0.25) is 4.90 Å². The fourth-order valence-corrected chi connectivity index (χ4v) is 3.93. The lowest BCUT2D eigenvalue weighted by Crippen LogP contribution is -2.48. The Kier molecular flexibility index (Phi) is 5.57. The van der Waals surface area contributed by atoms with Gasteiger partial charge in [-0.15, -0.1) is 0 Å². The Labute approximate surface area is 170 Å². The van der Waals surface area contributed by atoms with E-state index in [4.69, 9.17) is 11.6 Å². The van der Waals surface area contributed by atoms with Crippen molar-refractivity contribution in [3.05, 3.63) is 94.6 Å². The molecule has 28 heavy (non-hydrogen) atoms. The number of rotatable bonds is 4. The van der Waals surface area contributed by atoms with Crippen LogP contribution in [-0.2, 0) is 0 Å². The maximum Gasteiger partial charge on any atom is 0.161 e. The Hall–Kier alpha value is -2.87. The first-order valence-corrected chi connectivity index (χ1v) is 9.79. The van der Waals surface area contributed by atoms with Gasteiger partial charge in [-0.1, -0.05) is 72.3 Å². The van der Waals surface area contributed by atoms with Crippen LogP contribution in [0.3, 0.4) is 0 Å². The van der Waals surface area contributed by atoms with Gasteiger partial charge in [0.2, 0.25) is 0 Å². The standard InChI is InChI=1S/C23H21ClN4/c24-20-11-12-22(26-21(20)17-25)27-13-15-28(16-14-27)23(18-7-3-1-4-8-18)19-9-5-2-6-10-19/h1-12,23H,13-16H2. The van der Waals surface area contributed by atoms with Gasteiger partial charge in [0.15, 0.2) is 5.69 Å². The van der Waals surface area contributed by atoms with Gasteiger partial charge in [-0.25, -0.2) is 4.98 Å². The number of benzene rings is 2. The van der Waals surface area contributed by atoms with Crippen LogP contribution >= 0.6 is 11.6 Å².